The Labute approximate surface area is 142 Å². The van der Waals surface area contributed by atoms with Crippen LogP contribution in [0.15, 0.2) is 5.38 Å². The average Bonchev–Trinajstić information content (AvgIpc) is 3.21. The van der Waals surface area contributed by atoms with Gasteiger partial charge in [-0.1, -0.05) is 12.8 Å². The molecule has 126 valence electrons. The van der Waals surface area contributed by atoms with Crippen molar-refractivity contribution in [2.75, 3.05) is 0 Å². The van der Waals surface area contributed by atoms with Crippen molar-refractivity contribution in [3.8, 4) is 0 Å². The maximum Gasteiger partial charge on any atom is 0.221 e. The van der Waals surface area contributed by atoms with E-state index in [-0.39, 0.29) is 11.4 Å². The van der Waals surface area contributed by atoms with Gasteiger partial charge in [0.05, 0.1) is 5.54 Å². The summed E-state index contributed by atoms with van der Waals surface area (Å²) in [4.78, 5) is 17.4. The predicted molar refractivity (Wildman–Crippen MR) is 92.4 cm³/mol. The van der Waals surface area contributed by atoms with Crippen molar-refractivity contribution >= 4 is 17.2 Å². The zero-order valence-electron chi connectivity index (χ0n) is 13.9. The van der Waals surface area contributed by atoms with Crippen LogP contribution in [0.1, 0.15) is 68.5 Å². The molecule has 2 N–H and O–H groups in total. The number of nitrogens with one attached hydrogen (secondary N) is 2. The summed E-state index contributed by atoms with van der Waals surface area (Å²) >= 11 is 1.71. The van der Waals surface area contributed by atoms with Gasteiger partial charge in [-0.15, -0.1) is 11.3 Å². The molecule has 2 unspecified atom stereocenters. The minimum absolute atomic E-state index is 0.179. The summed E-state index contributed by atoms with van der Waals surface area (Å²) < 4.78 is 0. The first-order valence-corrected chi connectivity index (χ1v) is 10.0. The molecule has 4 rings (SSSR count). The van der Waals surface area contributed by atoms with Gasteiger partial charge in [0.2, 0.25) is 5.91 Å². The molecule has 0 radical (unpaired) electrons. The summed E-state index contributed by atoms with van der Waals surface area (Å²) in [6.07, 6.45) is 10.1. The quantitative estimate of drug-likeness (QED) is 0.889. The number of carbonyl (C=O) groups is 1. The normalized spacial score (nSPS) is 32.1. The lowest BCUT2D eigenvalue weighted by atomic mass is 9.88. The summed E-state index contributed by atoms with van der Waals surface area (Å²) in [5, 5.41) is 10.3. The summed E-state index contributed by atoms with van der Waals surface area (Å²) in [5.74, 6) is 0.802. The molecule has 2 atom stereocenters. The second kappa shape index (κ2) is 6.17. The Morgan fingerprint density at radius 3 is 2.65 bits per heavy atom. The Bertz CT molecular complexity index is 567. The molecular formula is C18H27N3OS. The number of amides is 1. The molecule has 3 fully saturated rings. The fourth-order valence-corrected chi connectivity index (χ4v) is 5.88. The van der Waals surface area contributed by atoms with Crippen molar-refractivity contribution < 1.29 is 4.79 Å². The standard InChI is InChI=1S/C18H27N3OS/c1-12-11-23-17(19-12)18(6-2-3-7-18)21-16(22)10-13-8-14-4-5-15(9-13)20-14/h11,13-15,20H,2-10H2,1H3,(H,21,22). The topological polar surface area (TPSA) is 54.0 Å². The van der Waals surface area contributed by atoms with Crippen LogP contribution in [0.5, 0.6) is 0 Å². The zero-order chi connectivity index (χ0) is 15.9. The maximum atomic E-state index is 12.7. The highest BCUT2D eigenvalue weighted by atomic mass is 32.1. The third kappa shape index (κ3) is 3.18. The average molecular weight is 334 g/mol. The molecule has 2 saturated heterocycles. The number of thiazole rings is 1. The number of carbonyl (C=O) groups excluding carboxylic acids is 1. The van der Waals surface area contributed by atoms with Gasteiger partial charge in [0.25, 0.3) is 0 Å². The van der Waals surface area contributed by atoms with Crippen molar-refractivity contribution in [3.63, 3.8) is 0 Å². The van der Waals surface area contributed by atoms with Crippen molar-refractivity contribution in [1.29, 1.82) is 0 Å². The molecule has 3 aliphatic rings. The second-order valence-corrected chi connectivity index (χ2v) is 8.67. The first kappa shape index (κ1) is 15.6. The van der Waals surface area contributed by atoms with Crippen molar-refractivity contribution in [3.05, 3.63) is 16.1 Å². The zero-order valence-corrected chi connectivity index (χ0v) is 14.8. The molecule has 4 nitrogen and oxygen atoms in total. The van der Waals surface area contributed by atoms with Crippen LogP contribution in [0.4, 0.5) is 0 Å². The number of piperidine rings is 1. The van der Waals surface area contributed by atoms with E-state index in [4.69, 9.17) is 4.98 Å². The molecule has 1 aromatic heterocycles. The smallest absolute Gasteiger partial charge is 0.221 e. The molecule has 1 aromatic rings. The van der Waals surface area contributed by atoms with E-state index in [1.807, 2.05) is 6.92 Å². The van der Waals surface area contributed by atoms with E-state index in [0.29, 0.717) is 24.4 Å². The van der Waals surface area contributed by atoms with Crippen molar-refractivity contribution in [1.82, 2.24) is 15.6 Å². The second-order valence-electron chi connectivity index (χ2n) is 7.81. The number of nitrogens with zero attached hydrogens (tertiary/aromatic N) is 1. The number of rotatable bonds is 4. The number of aryl methyl sites for hydroxylation is 1. The third-order valence-corrected chi connectivity index (χ3v) is 7.07. The molecule has 2 bridgehead atoms. The predicted octanol–water partition coefficient (Wildman–Crippen LogP) is 3.26. The summed E-state index contributed by atoms with van der Waals surface area (Å²) in [6, 6.07) is 1.32. The van der Waals surface area contributed by atoms with Gasteiger partial charge in [-0.05, 0) is 51.4 Å². The van der Waals surface area contributed by atoms with Gasteiger partial charge in [-0.2, -0.15) is 0 Å². The molecule has 1 aliphatic carbocycles. The van der Waals surface area contributed by atoms with Gasteiger partial charge < -0.3 is 10.6 Å². The van der Waals surface area contributed by atoms with Crippen molar-refractivity contribution in [2.45, 2.75) is 82.3 Å². The molecular weight excluding hydrogens is 306 g/mol. The largest absolute Gasteiger partial charge is 0.344 e. The van der Waals surface area contributed by atoms with Crippen LogP contribution in [0.2, 0.25) is 0 Å². The van der Waals surface area contributed by atoms with Gasteiger partial charge in [-0.25, -0.2) is 4.98 Å². The lowest BCUT2D eigenvalue weighted by Crippen LogP contribution is -2.45. The number of hydrogen-bond acceptors (Lipinski definition) is 4. The van der Waals surface area contributed by atoms with Crippen LogP contribution in [-0.2, 0) is 10.3 Å². The fraction of sp³-hybridized carbons (Fsp3) is 0.778. The Balaban J connectivity index is 1.42. The Morgan fingerprint density at radius 2 is 2.04 bits per heavy atom. The minimum Gasteiger partial charge on any atom is -0.344 e. The summed E-state index contributed by atoms with van der Waals surface area (Å²) in [6.45, 7) is 2.04. The molecule has 1 amide bonds. The molecule has 2 aliphatic heterocycles. The first-order valence-electron chi connectivity index (χ1n) is 9.13. The highest BCUT2D eigenvalue weighted by Gasteiger charge is 2.40. The van der Waals surface area contributed by atoms with Crippen LogP contribution in [0, 0.1) is 12.8 Å². The van der Waals surface area contributed by atoms with Crippen LogP contribution < -0.4 is 10.6 Å². The van der Waals surface area contributed by atoms with E-state index < -0.39 is 0 Å². The lowest BCUT2D eigenvalue weighted by molar-refractivity contribution is -0.124. The van der Waals surface area contributed by atoms with Gasteiger partial charge >= 0.3 is 0 Å². The highest BCUT2D eigenvalue weighted by Crippen LogP contribution is 2.40. The molecule has 3 heterocycles. The van der Waals surface area contributed by atoms with Gasteiger partial charge in [0.15, 0.2) is 0 Å². The van der Waals surface area contributed by atoms with E-state index in [9.17, 15) is 4.79 Å². The van der Waals surface area contributed by atoms with E-state index in [1.165, 1.54) is 38.5 Å². The number of hydrogen-bond donors (Lipinski definition) is 2. The summed E-state index contributed by atoms with van der Waals surface area (Å²) in [5.41, 5.74) is 0.891. The molecule has 1 saturated carbocycles. The monoisotopic (exact) mass is 333 g/mol. The van der Waals surface area contributed by atoms with Crippen LogP contribution in [0.3, 0.4) is 0 Å². The molecule has 5 heteroatoms. The Kier molecular flexibility index (Phi) is 4.18. The minimum atomic E-state index is -0.179. The number of aromatic nitrogens is 1. The SMILES string of the molecule is Cc1csc(C2(NC(=O)CC3CC4CCC(C3)N4)CCCC2)n1. The maximum absolute atomic E-state index is 12.7. The third-order valence-electron chi connectivity index (χ3n) is 5.91. The van der Waals surface area contributed by atoms with Crippen LogP contribution in [0.25, 0.3) is 0 Å². The van der Waals surface area contributed by atoms with Crippen molar-refractivity contribution in [2.24, 2.45) is 5.92 Å². The van der Waals surface area contributed by atoms with E-state index in [0.717, 1.165) is 23.5 Å². The van der Waals surface area contributed by atoms with Gasteiger partial charge in [0.1, 0.15) is 5.01 Å². The lowest BCUT2D eigenvalue weighted by Gasteiger charge is -2.32. The van der Waals surface area contributed by atoms with E-state index in [1.54, 1.807) is 11.3 Å². The van der Waals surface area contributed by atoms with E-state index >= 15 is 0 Å². The van der Waals surface area contributed by atoms with Crippen LogP contribution in [-0.4, -0.2) is 23.0 Å². The van der Waals surface area contributed by atoms with E-state index in [2.05, 4.69) is 16.0 Å². The summed E-state index contributed by atoms with van der Waals surface area (Å²) in [7, 11) is 0. The highest BCUT2D eigenvalue weighted by molar-refractivity contribution is 7.09. The van der Waals surface area contributed by atoms with Crippen LogP contribution >= 0.6 is 11.3 Å². The first-order chi connectivity index (χ1) is 11.1. The molecule has 23 heavy (non-hydrogen) atoms. The molecule has 0 aromatic carbocycles. The van der Waals surface area contributed by atoms with Gasteiger partial charge in [0, 0.05) is 29.6 Å². The molecule has 0 spiro atoms. The van der Waals surface area contributed by atoms with Gasteiger partial charge in [-0.3, -0.25) is 4.79 Å². The fourth-order valence-electron chi connectivity index (χ4n) is 4.87. The Hall–Kier alpha value is -0.940. The number of fused-ring (bicyclic) bond motifs is 2. The Morgan fingerprint density at radius 1 is 1.35 bits per heavy atom.